The van der Waals surface area contributed by atoms with Crippen LogP contribution in [0.5, 0.6) is 0 Å². The number of carbonyl (C=O) groups is 1. The van der Waals surface area contributed by atoms with Crippen molar-refractivity contribution in [1.29, 1.82) is 0 Å². The molecule has 1 rings (SSSR count). The van der Waals surface area contributed by atoms with Crippen molar-refractivity contribution >= 4 is 6.09 Å². The van der Waals surface area contributed by atoms with E-state index in [9.17, 15) is 9.90 Å². The number of hydrogen-bond acceptors (Lipinski definition) is 4. The van der Waals surface area contributed by atoms with Crippen LogP contribution in [0.1, 0.15) is 34.1 Å². The molecule has 100 valence electrons. The van der Waals surface area contributed by atoms with Crippen LogP contribution in [0.3, 0.4) is 0 Å². The zero-order valence-electron chi connectivity index (χ0n) is 11.1. The second-order valence-electron chi connectivity index (χ2n) is 5.28. The van der Waals surface area contributed by atoms with Crippen LogP contribution in [-0.4, -0.2) is 53.6 Å². The lowest BCUT2D eigenvalue weighted by Crippen LogP contribution is -2.38. The van der Waals surface area contributed by atoms with Crippen LogP contribution in [0.4, 0.5) is 4.79 Å². The predicted octanol–water partition coefficient (Wildman–Crippen LogP) is 1.39. The molecule has 1 amide bonds. The number of nitrogens with zero attached hydrogens (tertiary/aromatic N) is 1. The molecule has 1 aliphatic heterocycles. The molecule has 1 fully saturated rings. The minimum absolute atomic E-state index is 0.0310. The SMILES string of the molecule is CCOC(=O)N1CC(OC(C)(C)C)CC1CO. The van der Waals surface area contributed by atoms with Gasteiger partial charge in [-0.15, -0.1) is 0 Å². The maximum Gasteiger partial charge on any atom is 0.410 e. The molecule has 0 aromatic heterocycles. The van der Waals surface area contributed by atoms with Gasteiger partial charge in [0.25, 0.3) is 0 Å². The highest BCUT2D eigenvalue weighted by Gasteiger charge is 2.37. The van der Waals surface area contributed by atoms with Crippen LogP contribution < -0.4 is 0 Å². The van der Waals surface area contributed by atoms with Crippen LogP contribution in [0.2, 0.25) is 0 Å². The molecule has 1 saturated heterocycles. The van der Waals surface area contributed by atoms with Gasteiger partial charge in [0.1, 0.15) is 0 Å². The largest absolute Gasteiger partial charge is 0.450 e. The Balaban J connectivity index is 2.58. The third-order valence-corrected chi connectivity index (χ3v) is 2.61. The molecule has 5 heteroatoms. The zero-order valence-corrected chi connectivity index (χ0v) is 11.1. The topological polar surface area (TPSA) is 59.0 Å². The Morgan fingerprint density at radius 2 is 2.12 bits per heavy atom. The Morgan fingerprint density at radius 3 is 2.59 bits per heavy atom. The smallest absolute Gasteiger partial charge is 0.410 e. The number of rotatable bonds is 3. The van der Waals surface area contributed by atoms with Crippen molar-refractivity contribution in [2.45, 2.75) is 51.9 Å². The molecule has 1 N–H and O–H groups in total. The van der Waals surface area contributed by atoms with Gasteiger partial charge < -0.3 is 19.5 Å². The molecular weight excluding hydrogens is 222 g/mol. The normalized spacial score (nSPS) is 25.1. The minimum Gasteiger partial charge on any atom is -0.450 e. The van der Waals surface area contributed by atoms with Crippen molar-refractivity contribution in [1.82, 2.24) is 4.90 Å². The average molecular weight is 245 g/mol. The van der Waals surface area contributed by atoms with Crippen molar-refractivity contribution in [2.75, 3.05) is 19.8 Å². The molecule has 0 radical (unpaired) electrons. The molecule has 5 nitrogen and oxygen atoms in total. The van der Waals surface area contributed by atoms with E-state index < -0.39 is 0 Å². The summed E-state index contributed by atoms with van der Waals surface area (Å²) in [6.07, 6.45) is 0.259. The molecule has 0 saturated carbocycles. The molecule has 0 spiro atoms. The Morgan fingerprint density at radius 1 is 1.47 bits per heavy atom. The first-order chi connectivity index (χ1) is 7.87. The number of ether oxygens (including phenoxy) is 2. The third-order valence-electron chi connectivity index (χ3n) is 2.61. The van der Waals surface area contributed by atoms with Crippen LogP contribution >= 0.6 is 0 Å². The van der Waals surface area contributed by atoms with Gasteiger partial charge in [-0.3, -0.25) is 0 Å². The van der Waals surface area contributed by atoms with Gasteiger partial charge in [-0.1, -0.05) is 0 Å². The summed E-state index contributed by atoms with van der Waals surface area (Å²) >= 11 is 0. The van der Waals surface area contributed by atoms with E-state index in [4.69, 9.17) is 9.47 Å². The van der Waals surface area contributed by atoms with Crippen molar-refractivity contribution in [3.8, 4) is 0 Å². The van der Waals surface area contributed by atoms with E-state index >= 15 is 0 Å². The van der Waals surface area contributed by atoms with Gasteiger partial charge in [-0.25, -0.2) is 4.79 Å². The van der Waals surface area contributed by atoms with Crippen molar-refractivity contribution in [3.05, 3.63) is 0 Å². The number of likely N-dealkylation sites (tertiary alicyclic amines) is 1. The van der Waals surface area contributed by atoms with Gasteiger partial charge in [0, 0.05) is 0 Å². The molecule has 1 heterocycles. The summed E-state index contributed by atoms with van der Waals surface area (Å²) < 4.78 is 10.8. The summed E-state index contributed by atoms with van der Waals surface area (Å²) in [5, 5.41) is 9.26. The number of carbonyl (C=O) groups excluding carboxylic acids is 1. The Kier molecular flexibility index (Phi) is 4.77. The van der Waals surface area contributed by atoms with Crippen LogP contribution in [-0.2, 0) is 9.47 Å². The number of aliphatic hydroxyl groups excluding tert-OH is 1. The second-order valence-corrected chi connectivity index (χ2v) is 5.28. The van der Waals surface area contributed by atoms with E-state index in [0.29, 0.717) is 19.6 Å². The van der Waals surface area contributed by atoms with Crippen molar-refractivity contribution < 1.29 is 19.4 Å². The highest BCUT2D eigenvalue weighted by molar-refractivity contribution is 5.68. The van der Waals surface area contributed by atoms with Crippen molar-refractivity contribution in [2.24, 2.45) is 0 Å². The lowest BCUT2D eigenvalue weighted by molar-refractivity contribution is -0.0540. The third kappa shape index (κ3) is 4.16. The second kappa shape index (κ2) is 5.69. The van der Waals surface area contributed by atoms with Gasteiger partial charge in [0.2, 0.25) is 0 Å². The van der Waals surface area contributed by atoms with E-state index in [1.54, 1.807) is 11.8 Å². The maximum absolute atomic E-state index is 11.7. The first-order valence-electron chi connectivity index (χ1n) is 6.09. The lowest BCUT2D eigenvalue weighted by atomic mass is 10.1. The Labute approximate surface area is 103 Å². The van der Waals surface area contributed by atoms with E-state index in [-0.39, 0.29) is 30.4 Å². The summed E-state index contributed by atoms with van der Waals surface area (Å²) in [6.45, 7) is 8.49. The fourth-order valence-corrected chi connectivity index (χ4v) is 2.06. The van der Waals surface area contributed by atoms with Crippen molar-refractivity contribution in [3.63, 3.8) is 0 Å². The van der Waals surface area contributed by atoms with E-state index in [2.05, 4.69) is 0 Å². The zero-order chi connectivity index (χ0) is 13.1. The molecular formula is C12H23NO4. The molecule has 0 bridgehead atoms. The highest BCUT2D eigenvalue weighted by Crippen LogP contribution is 2.24. The van der Waals surface area contributed by atoms with Crippen LogP contribution in [0.25, 0.3) is 0 Å². The van der Waals surface area contributed by atoms with Gasteiger partial charge in [-0.2, -0.15) is 0 Å². The molecule has 0 aliphatic carbocycles. The number of hydrogen-bond donors (Lipinski definition) is 1. The van der Waals surface area contributed by atoms with Crippen LogP contribution in [0.15, 0.2) is 0 Å². The van der Waals surface area contributed by atoms with Gasteiger partial charge >= 0.3 is 6.09 Å². The minimum atomic E-state index is -0.369. The Bertz CT molecular complexity index is 262. The first kappa shape index (κ1) is 14.3. The van der Waals surface area contributed by atoms with E-state index in [1.807, 2.05) is 20.8 Å². The molecule has 0 aromatic rings. The maximum atomic E-state index is 11.7. The monoisotopic (exact) mass is 245 g/mol. The summed E-state index contributed by atoms with van der Waals surface area (Å²) in [6, 6.07) is -0.193. The molecule has 17 heavy (non-hydrogen) atoms. The highest BCUT2D eigenvalue weighted by atomic mass is 16.6. The number of amides is 1. The molecule has 2 atom stereocenters. The quantitative estimate of drug-likeness (QED) is 0.816. The first-order valence-corrected chi connectivity index (χ1v) is 6.09. The number of aliphatic hydroxyl groups is 1. The molecule has 2 unspecified atom stereocenters. The standard InChI is InChI=1S/C12H23NO4/c1-5-16-11(15)13-7-10(6-9(13)8-14)17-12(2,3)4/h9-10,14H,5-8H2,1-4H3. The average Bonchev–Trinajstić information content (AvgIpc) is 2.58. The van der Waals surface area contributed by atoms with Crippen LogP contribution in [0, 0.1) is 0 Å². The summed E-state index contributed by atoms with van der Waals surface area (Å²) in [5.41, 5.74) is -0.241. The lowest BCUT2D eigenvalue weighted by Gasteiger charge is -2.24. The van der Waals surface area contributed by atoms with Gasteiger partial charge in [0.05, 0.1) is 37.5 Å². The summed E-state index contributed by atoms with van der Waals surface area (Å²) in [7, 11) is 0. The summed E-state index contributed by atoms with van der Waals surface area (Å²) in [4.78, 5) is 13.2. The molecule has 0 aromatic carbocycles. The predicted molar refractivity (Wildman–Crippen MR) is 63.8 cm³/mol. The fourth-order valence-electron chi connectivity index (χ4n) is 2.06. The molecule has 1 aliphatic rings. The van der Waals surface area contributed by atoms with E-state index in [0.717, 1.165) is 0 Å². The fraction of sp³-hybridized carbons (Fsp3) is 0.917. The van der Waals surface area contributed by atoms with Gasteiger partial charge in [-0.05, 0) is 34.1 Å². The Hall–Kier alpha value is -0.810. The van der Waals surface area contributed by atoms with E-state index in [1.165, 1.54) is 0 Å². The van der Waals surface area contributed by atoms with Gasteiger partial charge in [0.15, 0.2) is 0 Å². The summed E-state index contributed by atoms with van der Waals surface area (Å²) in [5.74, 6) is 0.